The van der Waals surface area contributed by atoms with Gasteiger partial charge in [0.1, 0.15) is 21.0 Å². The van der Waals surface area contributed by atoms with Crippen molar-refractivity contribution in [3.05, 3.63) is 115 Å². The summed E-state index contributed by atoms with van der Waals surface area (Å²) in [6.07, 6.45) is 0.860. The van der Waals surface area contributed by atoms with E-state index in [1.54, 1.807) is 61.6 Å². The molecule has 6 aromatic rings. The average molecular weight is 654 g/mol. The molecule has 0 saturated heterocycles. The van der Waals surface area contributed by atoms with Crippen LogP contribution in [0.4, 0.5) is 0 Å². The number of carbonyl (C=O) groups excluding carboxylic acids is 3. The molecule has 0 aliphatic carbocycles. The highest BCUT2D eigenvalue weighted by atomic mass is 35.5. The molecule has 2 aromatic carbocycles. The van der Waals surface area contributed by atoms with E-state index in [-0.39, 0.29) is 11.8 Å². The van der Waals surface area contributed by atoms with Crippen molar-refractivity contribution in [1.29, 1.82) is 0 Å². The van der Waals surface area contributed by atoms with Crippen molar-refractivity contribution in [2.75, 3.05) is 13.2 Å². The summed E-state index contributed by atoms with van der Waals surface area (Å²) in [5.41, 5.74) is 2.71. The molecule has 0 spiro atoms. The fourth-order valence-electron chi connectivity index (χ4n) is 4.28. The number of rotatable bonds is 8. The van der Waals surface area contributed by atoms with Gasteiger partial charge in [-0.15, -0.1) is 22.7 Å². The molecule has 0 aliphatic heterocycles. The van der Waals surface area contributed by atoms with Gasteiger partial charge in [-0.25, -0.2) is 9.59 Å². The summed E-state index contributed by atoms with van der Waals surface area (Å²) in [6.45, 7) is 4.26. The molecule has 43 heavy (non-hydrogen) atoms. The number of ketones is 1. The second-order valence-electron chi connectivity index (χ2n) is 9.34. The van der Waals surface area contributed by atoms with Gasteiger partial charge in [0.05, 0.1) is 18.1 Å². The maximum Gasteiger partial charge on any atom is 0.354 e. The standard InChI is InChI=1S/C16H12ClNO3S.C16H14ClNO2S/c1-2-21-16(20)12-7-10-8-13(22-15(10)18-12)14(19)9-3-5-11(17)6-4-9;1-2-20-16(19)14-9-11-8-13(21-15(11)18-14)7-10-3-5-12(17)6-4-10/h3-8,18H,2H2,1H3;3-6,8-9,18H,2,7H2,1H3. The summed E-state index contributed by atoms with van der Waals surface area (Å²) in [5, 5.41) is 3.21. The Morgan fingerprint density at radius 2 is 1.21 bits per heavy atom. The van der Waals surface area contributed by atoms with E-state index in [1.807, 2.05) is 30.3 Å². The van der Waals surface area contributed by atoms with E-state index < -0.39 is 5.97 Å². The van der Waals surface area contributed by atoms with Crippen molar-refractivity contribution in [2.24, 2.45) is 0 Å². The number of thiophene rings is 2. The number of nitrogens with one attached hydrogen (secondary N) is 2. The minimum atomic E-state index is -0.392. The molecule has 4 aromatic heterocycles. The number of ether oxygens (including phenoxy) is 2. The number of hydrogen-bond donors (Lipinski definition) is 2. The first-order chi connectivity index (χ1) is 20.7. The molecule has 0 fully saturated rings. The Kier molecular flexibility index (Phi) is 9.67. The molecule has 220 valence electrons. The second kappa shape index (κ2) is 13.6. The topological polar surface area (TPSA) is 101 Å². The third-order valence-electron chi connectivity index (χ3n) is 6.28. The van der Waals surface area contributed by atoms with E-state index in [9.17, 15) is 14.4 Å². The van der Waals surface area contributed by atoms with Gasteiger partial charge in [0.15, 0.2) is 0 Å². The van der Waals surface area contributed by atoms with Gasteiger partial charge >= 0.3 is 11.9 Å². The van der Waals surface area contributed by atoms with Gasteiger partial charge in [0.25, 0.3) is 0 Å². The number of carbonyl (C=O) groups is 3. The molecule has 7 nitrogen and oxygen atoms in total. The maximum atomic E-state index is 12.4. The maximum absolute atomic E-state index is 12.4. The lowest BCUT2D eigenvalue weighted by atomic mass is 10.1. The van der Waals surface area contributed by atoms with Crippen LogP contribution in [-0.2, 0) is 15.9 Å². The van der Waals surface area contributed by atoms with E-state index >= 15 is 0 Å². The van der Waals surface area contributed by atoms with Crippen molar-refractivity contribution in [1.82, 2.24) is 9.97 Å². The van der Waals surface area contributed by atoms with E-state index in [0.717, 1.165) is 31.9 Å². The van der Waals surface area contributed by atoms with E-state index in [0.29, 0.717) is 40.1 Å². The van der Waals surface area contributed by atoms with Crippen LogP contribution in [0, 0.1) is 0 Å². The lowest BCUT2D eigenvalue weighted by Gasteiger charge is -1.99. The summed E-state index contributed by atoms with van der Waals surface area (Å²) >= 11 is 14.7. The van der Waals surface area contributed by atoms with Crippen LogP contribution in [0.25, 0.3) is 20.4 Å². The Morgan fingerprint density at radius 3 is 1.72 bits per heavy atom. The van der Waals surface area contributed by atoms with Crippen LogP contribution in [0.5, 0.6) is 0 Å². The number of aromatic amines is 2. The van der Waals surface area contributed by atoms with Crippen LogP contribution < -0.4 is 0 Å². The number of aromatic nitrogens is 2. The predicted octanol–water partition coefficient (Wildman–Crippen LogP) is 8.94. The highest BCUT2D eigenvalue weighted by Gasteiger charge is 2.17. The van der Waals surface area contributed by atoms with Crippen LogP contribution in [0.15, 0.2) is 72.8 Å². The third-order valence-corrected chi connectivity index (χ3v) is 8.92. The lowest BCUT2D eigenvalue weighted by molar-refractivity contribution is 0.0511. The fourth-order valence-corrected chi connectivity index (χ4v) is 6.63. The van der Waals surface area contributed by atoms with Gasteiger partial charge in [-0.05, 0) is 80.1 Å². The Bertz CT molecular complexity index is 1840. The smallest absolute Gasteiger partial charge is 0.354 e. The van der Waals surface area contributed by atoms with Crippen LogP contribution in [0.2, 0.25) is 10.0 Å². The first-order valence-electron chi connectivity index (χ1n) is 13.4. The number of hydrogen-bond acceptors (Lipinski definition) is 7. The fraction of sp³-hybridized carbons (Fsp3) is 0.156. The largest absolute Gasteiger partial charge is 0.461 e. The van der Waals surface area contributed by atoms with Gasteiger partial charge < -0.3 is 19.4 Å². The number of benzene rings is 2. The van der Waals surface area contributed by atoms with Crippen LogP contribution >= 0.6 is 45.9 Å². The summed E-state index contributed by atoms with van der Waals surface area (Å²) in [4.78, 5) is 45.5. The molecule has 0 unspecified atom stereocenters. The van der Waals surface area contributed by atoms with E-state index in [2.05, 4.69) is 16.0 Å². The minimum Gasteiger partial charge on any atom is -0.461 e. The van der Waals surface area contributed by atoms with Gasteiger partial charge in [0, 0.05) is 37.7 Å². The molecule has 0 saturated carbocycles. The van der Waals surface area contributed by atoms with Crippen molar-refractivity contribution >= 4 is 84.0 Å². The third kappa shape index (κ3) is 7.37. The zero-order valence-corrected chi connectivity index (χ0v) is 26.3. The Hall–Kier alpha value is -3.89. The number of esters is 2. The van der Waals surface area contributed by atoms with Gasteiger partial charge in [0.2, 0.25) is 5.78 Å². The van der Waals surface area contributed by atoms with Gasteiger partial charge in [-0.2, -0.15) is 0 Å². The first-order valence-corrected chi connectivity index (χ1v) is 15.8. The van der Waals surface area contributed by atoms with Crippen molar-refractivity contribution in [2.45, 2.75) is 20.3 Å². The summed E-state index contributed by atoms with van der Waals surface area (Å²) in [6, 6.07) is 22.0. The molecule has 0 radical (unpaired) electrons. The number of H-pyrrole nitrogens is 2. The van der Waals surface area contributed by atoms with Crippen LogP contribution in [0.1, 0.15) is 60.5 Å². The van der Waals surface area contributed by atoms with Gasteiger partial charge in [-0.3, -0.25) is 4.79 Å². The zero-order valence-electron chi connectivity index (χ0n) is 23.2. The molecule has 6 rings (SSSR count). The monoisotopic (exact) mass is 652 g/mol. The summed E-state index contributed by atoms with van der Waals surface area (Å²) in [5.74, 6) is -0.763. The SMILES string of the molecule is CCOC(=O)c1cc2cc(C(=O)c3ccc(Cl)cc3)sc2[nH]1.CCOC(=O)c1cc2cc(Cc3ccc(Cl)cc3)sc2[nH]1. The highest BCUT2D eigenvalue weighted by Crippen LogP contribution is 2.29. The van der Waals surface area contributed by atoms with Crippen molar-refractivity contribution < 1.29 is 23.9 Å². The molecule has 0 amide bonds. The Morgan fingerprint density at radius 1 is 0.698 bits per heavy atom. The molecule has 0 bridgehead atoms. The van der Waals surface area contributed by atoms with Crippen molar-refractivity contribution in [3.63, 3.8) is 0 Å². The Balaban J connectivity index is 0.000000171. The first kappa shape index (κ1) is 30.6. The molecular formula is C32H26Cl2N2O5S2. The van der Waals surface area contributed by atoms with E-state index in [1.165, 1.54) is 21.8 Å². The lowest BCUT2D eigenvalue weighted by Crippen LogP contribution is -2.04. The predicted molar refractivity (Wildman–Crippen MR) is 173 cm³/mol. The quantitative estimate of drug-likeness (QED) is 0.126. The Labute approximate surface area is 265 Å². The summed E-state index contributed by atoms with van der Waals surface area (Å²) < 4.78 is 9.93. The normalized spacial score (nSPS) is 10.9. The minimum absolute atomic E-state index is 0.0658. The van der Waals surface area contributed by atoms with Crippen LogP contribution in [0.3, 0.4) is 0 Å². The average Bonchev–Trinajstić information content (AvgIpc) is 3.75. The zero-order chi connectivity index (χ0) is 30.5. The number of halogens is 2. The van der Waals surface area contributed by atoms with E-state index in [4.69, 9.17) is 32.7 Å². The number of fused-ring (bicyclic) bond motifs is 2. The summed E-state index contributed by atoms with van der Waals surface area (Å²) in [7, 11) is 0. The molecule has 11 heteroatoms. The highest BCUT2D eigenvalue weighted by molar-refractivity contribution is 7.20. The van der Waals surface area contributed by atoms with Gasteiger partial charge in [-0.1, -0.05) is 35.3 Å². The molecule has 0 atom stereocenters. The molecule has 4 heterocycles. The van der Waals surface area contributed by atoms with Crippen LogP contribution in [-0.4, -0.2) is 40.9 Å². The molecular weight excluding hydrogens is 627 g/mol. The molecule has 0 aliphatic rings. The molecule has 2 N–H and O–H groups in total. The second-order valence-corrected chi connectivity index (χ2v) is 12.4. The van der Waals surface area contributed by atoms with Crippen molar-refractivity contribution in [3.8, 4) is 0 Å².